The monoisotopic (exact) mass is 522 g/mol. The summed E-state index contributed by atoms with van der Waals surface area (Å²) >= 11 is 7.46. The summed E-state index contributed by atoms with van der Waals surface area (Å²) in [7, 11) is 0. The van der Waals surface area contributed by atoms with Crippen molar-refractivity contribution in [2.75, 3.05) is 11.9 Å². The number of hydrogen-bond donors (Lipinski definition) is 2. The van der Waals surface area contributed by atoms with Crippen LogP contribution in [0.5, 0.6) is 5.75 Å². The first-order valence-corrected chi connectivity index (χ1v) is 11.8. The van der Waals surface area contributed by atoms with E-state index < -0.39 is 10.8 Å². The van der Waals surface area contributed by atoms with Gasteiger partial charge in [-0.1, -0.05) is 29.3 Å². The van der Waals surface area contributed by atoms with Crippen molar-refractivity contribution in [2.24, 2.45) is 5.10 Å². The van der Waals surface area contributed by atoms with Crippen LogP contribution in [0.3, 0.4) is 0 Å². The number of rotatable bonds is 8. The average Bonchev–Trinajstić information content (AvgIpc) is 3.28. The predicted octanol–water partition coefficient (Wildman–Crippen LogP) is 5.55. The highest BCUT2D eigenvalue weighted by Gasteiger charge is 2.13. The molecule has 0 radical (unpaired) electrons. The van der Waals surface area contributed by atoms with E-state index in [1.807, 2.05) is 19.1 Å². The van der Waals surface area contributed by atoms with Gasteiger partial charge in [0.1, 0.15) is 5.75 Å². The zero-order valence-corrected chi connectivity index (χ0v) is 20.4. The standard InChI is InChI=1S/C25H19ClN4O5S/c1-15-2-5-18(6-3-15)28-24(31)14-35-21-8-4-16(10-20(21)26)13-27-29-25(32)23-12-17-11-19(30(33)34)7-9-22(17)36-23/h2-13H,14H2,1H3,(H,28,31)(H,29,32)/b27-13-. The van der Waals surface area contributed by atoms with E-state index in [9.17, 15) is 19.7 Å². The van der Waals surface area contributed by atoms with Gasteiger partial charge in [0.25, 0.3) is 17.5 Å². The van der Waals surface area contributed by atoms with Crippen molar-refractivity contribution in [3.05, 3.63) is 97.9 Å². The lowest BCUT2D eigenvalue weighted by Gasteiger charge is -2.09. The Kier molecular flexibility index (Phi) is 7.57. The van der Waals surface area contributed by atoms with Crippen LogP contribution in [0.4, 0.5) is 11.4 Å². The molecule has 0 saturated carbocycles. The van der Waals surface area contributed by atoms with Gasteiger partial charge >= 0.3 is 0 Å². The molecule has 11 heteroatoms. The van der Waals surface area contributed by atoms with Crippen LogP contribution in [0.1, 0.15) is 20.8 Å². The van der Waals surface area contributed by atoms with Crippen LogP contribution in [-0.4, -0.2) is 29.6 Å². The molecule has 0 atom stereocenters. The molecule has 1 heterocycles. The lowest BCUT2D eigenvalue weighted by molar-refractivity contribution is -0.384. The first-order valence-electron chi connectivity index (χ1n) is 10.6. The molecule has 0 spiro atoms. The van der Waals surface area contributed by atoms with E-state index in [4.69, 9.17) is 16.3 Å². The Labute approximate surface area is 214 Å². The van der Waals surface area contributed by atoms with Crippen molar-refractivity contribution in [1.29, 1.82) is 0 Å². The molecule has 0 aliphatic carbocycles. The van der Waals surface area contributed by atoms with E-state index in [0.717, 1.165) is 10.3 Å². The minimum Gasteiger partial charge on any atom is -0.482 e. The molecule has 0 aliphatic rings. The summed E-state index contributed by atoms with van der Waals surface area (Å²) in [6, 6.07) is 18.3. The Balaban J connectivity index is 1.31. The van der Waals surface area contributed by atoms with Crippen molar-refractivity contribution in [2.45, 2.75) is 6.92 Å². The number of aryl methyl sites for hydroxylation is 1. The van der Waals surface area contributed by atoms with Gasteiger partial charge in [0.2, 0.25) is 0 Å². The molecule has 182 valence electrons. The Morgan fingerprint density at radius 1 is 1.11 bits per heavy atom. The average molecular weight is 523 g/mol. The van der Waals surface area contributed by atoms with E-state index in [1.54, 1.807) is 42.5 Å². The van der Waals surface area contributed by atoms with Crippen LogP contribution in [0, 0.1) is 17.0 Å². The van der Waals surface area contributed by atoms with Crippen molar-refractivity contribution in [3.63, 3.8) is 0 Å². The molecule has 2 amide bonds. The number of carbonyl (C=O) groups excluding carboxylic acids is 2. The molecule has 36 heavy (non-hydrogen) atoms. The highest BCUT2D eigenvalue weighted by Crippen LogP contribution is 2.29. The molecule has 0 unspecified atom stereocenters. The highest BCUT2D eigenvalue weighted by molar-refractivity contribution is 7.20. The molecular formula is C25H19ClN4O5S. The highest BCUT2D eigenvalue weighted by atomic mass is 35.5. The van der Waals surface area contributed by atoms with E-state index in [2.05, 4.69) is 15.8 Å². The molecule has 3 aromatic carbocycles. The third kappa shape index (κ3) is 6.23. The number of nitrogens with one attached hydrogen (secondary N) is 2. The van der Waals surface area contributed by atoms with Gasteiger partial charge in [0.15, 0.2) is 6.61 Å². The summed E-state index contributed by atoms with van der Waals surface area (Å²) in [4.78, 5) is 35.3. The molecule has 1 aromatic heterocycles. The molecule has 0 bridgehead atoms. The topological polar surface area (TPSA) is 123 Å². The predicted molar refractivity (Wildman–Crippen MR) is 140 cm³/mol. The molecule has 2 N–H and O–H groups in total. The van der Waals surface area contributed by atoms with Crippen LogP contribution < -0.4 is 15.5 Å². The fourth-order valence-electron chi connectivity index (χ4n) is 3.17. The number of anilines is 1. The first kappa shape index (κ1) is 24.8. The van der Waals surface area contributed by atoms with E-state index in [-0.39, 0.29) is 23.2 Å². The Morgan fingerprint density at radius 3 is 2.61 bits per heavy atom. The number of nitro benzene ring substituents is 1. The fourth-order valence-corrected chi connectivity index (χ4v) is 4.34. The second kappa shape index (κ2) is 11.0. The molecular weight excluding hydrogens is 504 g/mol. The lowest BCUT2D eigenvalue weighted by Crippen LogP contribution is -2.20. The number of hydrazone groups is 1. The van der Waals surface area contributed by atoms with E-state index in [1.165, 1.54) is 29.7 Å². The van der Waals surface area contributed by atoms with Gasteiger partial charge in [-0.2, -0.15) is 5.10 Å². The summed E-state index contributed by atoms with van der Waals surface area (Å²) in [6.07, 6.45) is 1.41. The van der Waals surface area contributed by atoms with Crippen molar-refractivity contribution < 1.29 is 19.2 Å². The number of nitrogens with zero attached hydrogens (tertiary/aromatic N) is 2. The van der Waals surface area contributed by atoms with Crippen LogP contribution >= 0.6 is 22.9 Å². The second-order valence-electron chi connectivity index (χ2n) is 7.68. The smallest absolute Gasteiger partial charge is 0.281 e. The van der Waals surface area contributed by atoms with Crippen LogP contribution in [0.25, 0.3) is 10.1 Å². The van der Waals surface area contributed by atoms with Gasteiger partial charge in [0, 0.05) is 27.9 Å². The molecule has 0 saturated heterocycles. The quantitative estimate of drug-likeness (QED) is 0.178. The number of non-ortho nitro benzene ring substituents is 1. The van der Waals surface area contributed by atoms with Crippen LogP contribution in [0.2, 0.25) is 5.02 Å². The number of nitro groups is 1. The SMILES string of the molecule is Cc1ccc(NC(=O)COc2ccc(/C=N\NC(=O)c3cc4cc([N+](=O)[O-])ccc4s3)cc2Cl)cc1. The minimum atomic E-state index is -0.483. The maximum Gasteiger partial charge on any atom is 0.281 e. The van der Waals surface area contributed by atoms with Crippen LogP contribution in [0.15, 0.2) is 71.8 Å². The number of fused-ring (bicyclic) bond motifs is 1. The number of thiophene rings is 1. The molecule has 4 rings (SSSR count). The summed E-state index contributed by atoms with van der Waals surface area (Å²) in [6.45, 7) is 1.75. The summed E-state index contributed by atoms with van der Waals surface area (Å²) in [5, 5.41) is 18.5. The third-order valence-electron chi connectivity index (χ3n) is 4.96. The van der Waals surface area contributed by atoms with Crippen molar-refractivity contribution >= 4 is 62.4 Å². The maximum atomic E-state index is 12.4. The Morgan fingerprint density at radius 2 is 1.89 bits per heavy atom. The fraction of sp³-hybridized carbons (Fsp3) is 0.0800. The van der Waals surface area contributed by atoms with Gasteiger partial charge < -0.3 is 10.1 Å². The zero-order valence-electron chi connectivity index (χ0n) is 18.9. The number of halogens is 1. The van der Waals surface area contributed by atoms with Gasteiger partial charge in [-0.05, 0) is 55.0 Å². The van der Waals surface area contributed by atoms with E-state index in [0.29, 0.717) is 27.3 Å². The first-order chi connectivity index (χ1) is 17.3. The minimum absolute atomic E-state index is 0.0403. The van der Waals surface area contributed by atoms with Crippen molar-refractivity contribution in [3.8, 4) is 5.75 Å². The van der Waals surface area contributed by atoms with Gasteiger partial charge in [-0.3, -0.25) is 19.7 Å². The van der Waals surface area contributed by atoms with Crippen LogP contribution in [-0.2, 0) is 4.79 Å². The Bertz CT molecular complexity index is 1480. The second-order valence-corrected chi connectivity index (χ2v) is 9.17. The lowest BCUT2D eigenvalue weighted by atomic mass is 10.2. The molecule has 0 fully saturated rings. The number of amides is 2. The zero-order chi connectivity index (χ0) is 25.7. The molecule has 9 nitrogen and oxygen atoms in total. The number of benzene rings is 3. The largest absolute Gasteiger partial charge is 0.482 e. The molecule has 4 aromatic rings. The van der Waals surface area contributed by atoms with Crippen molar-refractivity contribution in [1.82, 2.24) is 5.43 Å². The van der Waals surface area contributed by atoms with Gasteiger partial charge in [-0.15, -0.1) is 11.3 Å². The van der Waals surface area contributed by atoms with E-state index >= 15 is 0 Å². The van der Waals surface area contributed by atoms with Gasteiger partial charge in [0.05, 0.1) is 21.0 Å². The van der Waals surface area contributed by atoms with Gasteiger partial charge in [-0.25, -0.2) is 5.43 Å². The Hall–Kier alpha value is -4.28. The summed E-state index contributed by atoms with van der Waals surface area (Å²) < 4.78 is 6.26. The number of ether oxygens (including phenoxy) is 1. The number of carbonyl (C=O) groups is 2. The summed E-state index contributed by atoms with van der Waals surface area (Å²) in [5.41, 5.74) is 4.75. The third-order valence-corrected chi connectivity index (χ3v) is 6.37. The molecule has 0 aliphatic heterocycles. The maximum absolute atomic E-state index is 12.4. The number of hydrogen-bond acceptors (Lipinski definition) is 7. The normalized spacial score (nSPS) is 10.9. The summed E-state index contributed by atoms with van der Waals surface area (Å²) in [5.74, 6) is -0.434.